The first-order valence-electron chi connectivity index (χ1n) is 13.1. The summed E-state index contributed by atoms with van der Waals surface area (Å²) in [5.74, 6) is -10.9. The molecule has 0 atom stereocenters. The highest BCUT2D eigenvalue weighted by molar-refractivity contribution is 5.83. The van der Waals surface area contributed by atoms with E-state index < -0.39 is 45.8 Å². The van der Waals surface area contributed by atoms with Gasteiger partial charge in [0.1, 0.15) is 17.7 Å². The van der Waals surface area contributed by atoms with Crippen molar-refractivity contribution in [1.82, 2.24) is 0 Å². The maximum atomic E-state index is 14.5. The Bertz CT molecular complexity index is 1500. The second-order valence-corrected chi connectivity index (χ2v) is 10.4. The van der Waals surface area contributed by atoms with Crippen molar-refractivity contribution in [2.75, 3.05) is 18.0 Å². The molecule has 0 amide bonds. The summed E-state index contributed by atoms with van der Waals surface area (Å²) in [7, 11) is 0. The van der Waals surface area contributed by atoms with Crippen LogP contribution in [0.25, 0.3) is 11.6 Å². The van der Waals surface area contributed by atoms with Crippen molar-refractivity contribution >= 4 is 17.3 Å². The fourth-order valence-corrected chi connectivity index (χ4v) is 4.86. The molecule has 0 bridgehead atoms. The third kappa shape index (κ3) is 7.21. The standard InChI is InChI=1S/C33H30F5N3/c1-5-41(6-2)25-14-12-21(13-15-25)10-11-23-16-22(17-33(3,4)18-23)8-7-9-26(24(19-39)20-40)27-28(34)30(36)32(38)31(37)29(27)35/h7-16H,5-6,17-18H2,1-4H3/b9-7+,11-10+,22-8-. The molecule has 0 aromatic heterocycles. The van der Waals surface area contributed by atoms with Crippen LogP contribution in [-0.4, -0.2) is 13.1 Å². The van der Waals surface area contributed by atoms with Crippen molar-refractivity contribution in [2.24, 2.45) is 5.41 Å². The largest absolute Gasteiger partial charge is 0.372 e. The molecule has 2 aromatic carbocycles. The van der Waals surface area contributed by atoms with Crippen molar-refractivity contribution < 1.29 is 22.0 Å². The second kappa shape index (κ2) is 13.3. The summed E-state index contributed by atoms with van der Waals surface area (Å²) < 4.78 is 70.3. The minimum Gasteiger partial charge on any atom is -0.372 e. The number of halogens is 5. The molecule has 212 valence electrons. The molecule has 3 nitrogen and oxygen atoms in total. The van der Waals surface area contributed by atoms with Crippen LogP contribution in [0.4, 0.5) is 27.6 Å². The van der Waals surface area contributed by atoms with Crippen LogP contribution in [0, 0.1) is 57.2 Å². The second-order valence-electron chi connectivity index (χ2n) is 10.4. The van der Waals surface area contributed by atoms with Gasteiger partial charge in [0.05, 0.1) is 5.56 Å². The Hall–Kier alpha value is -4.43. The van der Waals surface area contributed by atoms with Crippen LogP contribution in [0.1, 0.15) is 51.7 Å². The average Bonchev–Trinajstić information content (AvgIpc) is 2.95. The van der Waals surface area contributed by atoms with E-state index in [-0.39, 0.29) is 5.41 Å². The lowest BCUT2D eigenvalue weighted by atomic mass is 9.75. The zero-order valence-electron chi connectivity index (χ0n) is 23.3. The zero-order valence-corrected chi connectivity index (χ0v) is 23.3. The lowest BCUT2D eigenvalue weighted by Gasteiger charge is -2.30. The Kier molecular flexibility index (Phi) is 10.1. The number of nitrogens with zero attached hydrogens (tertiary/aromatic N) is 3. The molecule has 2 aromatic rings. The van der Waals surface area contributed by atoms with E-state index in [1.165, 1.54) is 18.2 Å². The van der Waals surface area contributed by atoms with Gasteiger partial charge in [0.2, 0.25) is 5.82 Å². The molecular weight excluding hydrogens is 533 g/mol. The van der Waals surface area contributed by atoms with E-state index in [0.29, 0.717) is 6.42 Å². The van der Waals surface area contributed by atoms with Gasteiger partial charge in [-0.3, -0.25) is 0 Å². The van der Waals surface area contributed by atoms with E-state index >= 15 is 0 Å². The lowest BCUT2D eigenvalue weighted by molar-refractivity contribution is 0.355. The van der Waals surface area contributed by atoms with Crippen LogP contribution in [-0.2, 0) is 0 Å². The third-order valence-electron chi connectivity index (χ3n) is 6.79. The number of benzene rings is 2. The molecule has 0 N–H and O–H groups in total. The summed E-state index contributed by atoms with van der Waals surface area (Å²) in [6.07, 6.45) is 11.4. The normalized spacial score (nSPS) is 15.6. The van der Waals surface area contributed by atoms with Gasteiger partial charge in [0.15, 0.2) is 23.3 Å². The quantitative estimate of drug-likeness (QED) is 0.106. The molecule has 41 heavy (non-hydrogen) atoms. The smallest absolute Gasteiger partial charge is 0.200 e. The Labute approximate surface area is 237 Å². The topological polar surface area (TPSA) is 50.8 Å². The fraction of sp³-hybridized carbons (Fsp3) is 0.273. The van der Waals surface area contributed by atoms with Crippen LogP contribution in [0.2, 0.25) is 0 Å². The predicted octanol–water partition coefficient (Wildman–Crippen LogP) is 8.97. The van der Waals surface area contributed by atoms with E-state index in [2.05, 4.69) is 44.7 Å². The first-order valence-corrected chi connectivity index (χ1v) is 13.1. The number of hydrogen-bond donors (Lipinski definition) is 0. The van der Waals surface area contributed by atoms with Crippen molar-refractivity contribution in [3.05, 3.63) is 112 Å². The van der Waals surface area contributed by atoms with E-state index in [4.69, 9.17) is 0 Å². The van der Waals surface area contributed by atoms with Crippen molar-refractivity contribution in [1.29, 1.82) is 10.5 Å². The SMILES string of the molecule is CCN(CC)c1ccc(/C=C/C2=CC(=C/C=C/C(=C(C#N)C#N)c3c(F)c(F)c(F)c(F)c3F)/CC(C)(C)C2)cc1. The first-order chi connectivity index (χ1) is 19.5. The summed E-state index contributed by atoms with van der Waals surface area (Å²) in [5, 5.41) is 18.6. The fourth-order valence-electron chi connectivity index (χ4n) is 4.86. The molecule has 0 fully saturated rings. The highest BCUT2D eigenvalue weighted by Gasteiger charge is 2.28. The van der Waals surface area contributed by atoms with Crippen molar-refractivity contribution in [2.45, 2.75) is 40.5 Å². The van der Waals surface area contributed by atoms with Gasteiger partial charge in [0, 0.05) is 24.4 Å². The highest BCUT2D eigenvalue weighted by atomic mass is 19.2. The Morgan fingerprint density at radius 2 is 1.41 bits per heavy atom. The molecule has 0 aliphatic heterocycles. The summed E-state index contributed by atoms with van der Waals surface area (Å²) in [6, 6.07) is 11.2. The monoisotopic (exact) mass is 563 g/mol. The molecule has 0 unspecified atom stereocenters. The molecule has 1 aliphatic rings. The number of rotatable bonds is 8. The molecule has 0 saturated heterocycles. The number of nitriles is 2. The van der Waals surface area contributed by atoms with Gasteiger partial charge in [0.25, 0.3) is 0 Å². The molecule has 3 rings (SSSR count). The Balaban J connectivity index is 1.96. The van der Waals surface area contributed by atoms with Crippen molar-refractivity contribution in [3.63, 3.8) is 0 Å². The average molecular weight is 564 g/mol. The summed E-state index contributed by atoms with van der Waals surface area (Å²) in [5.41, 5.74) is 1.13. The Morgan fingerprint density at radius 3 is 1.95 bits per heavy atom. The number of allylic oxidation sites excluding steroid dienone is 9. The molecule has 0 saturated carbocycles. The van der Waals surface area contributed by atoms with E-state index in [0.717, 1.165) is 48.0 Å². The maximum Gasteiger partial charge on any atom is 0.200 e. The molecule has 0 spiro atoms. The molecule has 0 radical (unpaired) electrons. The van der Waals surface area contributed by atoms with Gasteiger partial charge < -0.3 is 4.90 Å². The minimum atomic E-state index is -2.32. The minimum absolute atomic E-state index is 0.120. The van der Waals surface area contributed by atoms with Gasteiger partial charge in [-0.1, -0.05) is 62.4 Å². The maximum absolute atomic E-state index is 14.5. The van der Waals surface area contributed by atoms with Gasteiger partial charge >= 0.3 is 0 Å². The number of hydrogen-bond acceptors (Lipinski definition) is 3. The predicted molar refractivity (Wildman–Crippen MR) is 152 cm³/mol. The summed E-state index contributed by atoms with van der Waals surface area (Å²) in [6.45, 7) is 10.2. The Morgan fingerprint density at radius 1 is 0.854 bits per heavy atom. The van der Waals surface area contributed by atoms with Crippen molar-refractivity contribution in [3.8, 4) is 12.1 Å². The van der Waals surface area contributed by atoms with Gasteiger partial charge in [-0.15, -0.1) is 0 Å². The van der Waals surface area contributed by atoms with Gasteiger partial charge in [-0.05, 0) is 60.9 Å². The summed E-state index contributed by atoms with van der Waals surface area (Å²) >= 11 is 0. The van der Waals surface area contributed by atoms with Crippen LogP contribution >= 0.6 is 0 Å². The van der Waals surface area contributed by atoms with Crippen LogP contribution in [0.3, 0.4) is 0 Å². The number of anilines is 1. The van der Waals surface area contributed by atoms with E-state index in [9.17, 15) is 32.5 Å². The van der Waals surface area contributed by atoms with E-state index in [1.807, 2.05) is 30.4 Å². The van der Waals surface area contributed by atoms with Crippen LogP contribution in [0.15, 0.2) is 71.4 Å². The molecule has 0 heterocycles. The van der Waals surface area contributed by atoms with Crippen LogP contribution in [0.5, 0.6) is 0 Å². The van der Waals surface area contributed by atoms with Gasteiger partial charge in [-0.25, -0.2) is 22.0 Å². The molecule has 8 heteroatoms. The highest BCUT2D eigenvalue weighted by Crippen LogP contribution is 2.39. The molecule has 1 aliphatic carbocycles. The zero-order chi connectivity index (χ0) is 30.3. The molecular formula is C33H30F5N3. The van der Waals surface area contributed by atoms with Crippen LogP contribution < -0.4 is 4.90 Å². The van der Waals surface area contributed by atoms with E-state index in [1.54, 1.807) is 6.08 Å². The third-order valence-corrected chi connectivity index (χ3v) is 6.79. The lowest BCUT2D eigenvalue weighted by Crippen LogP contribution is -2.21. The summed E-state index contributed by atoms with van der Waals surface area (Å²) in [4.78, 5) is 2.26. The van der Waals surface area contributed by atoms with Gasteiger partial charge in [-0.2, -0.15) is 10.5 Å². The first kappa shape index (κ1) is 31.1.